The highest BCUT2D eigenvalue weighted by Gasteiger charge is 2.08. The van der Waals surface area contributed by atoms with Gasteiger partial charge in [-0.05, 0) is 35.4 Å². The first-order valence-electron chi connectivity index (χ1n) is 5.55. The van der Waals surface area contributed by atoms with Crippen molar-refractivity contribution in [3.05, 3.63) is 48.5 Å². The second kappa shape index (κ2) is 4.14. The largest absolute Gasteiger partial charge is 0.494 e. The molecule has 2 heterocycles. The monoisotopic (exact) mass is 242 g/mol. The lowest BCUT2D eigenvalue weighted by atomic mass is 10.0. The van der Waals surface area contributed by atoms with E-state index in [9.17, 15) is 4.39 Å². The molecule has 0 unspecified atom stereocenters. The zero-order valence-corrected chi connectivity index (χ0v) is 9.77. The van der Waals surface area contributed by atoms with Gasteiger partial charge in [-0.1, -0.05) is 6.07 Å². The second-order valence-corrected chi connectivity index (χ2v) is 3.95. The van der Waals surface area contributed by atoms with Crippen LogP contribution in [0.15, 0.2) is 42.7 Å². The molecule has 0 aliphatic heterocycles. The molecule has 0 bridgehead atoms. The Morgan fingerprint density at radius 2 is 2.11 bits per heavy atom. The molecule has 0 spiro atoms. The summed E-state index contributed by atoms with van der Waals surface area (Å²) in [5, 5.41) is 0.974. The van der Waals surface area contributed by atoms with Crippen LogP contribution in [0.4, 0.5) is 4.39 Å². The molecule has 18 heavy (non-hydrogen) atoms. The SMILES string of the molecule is COc1ccc(-c2ccnc3[nH]ccc23)cc1F. The molecule has 0 atom stereocenters. The standard InChI is InChI=1S/C14H11FN2O/c1-18-13-3-2-9(8-12(13)15)10-4-6-16-14-11(10)5-7-17-14/h2-8H,1H3,(H,16,17). The molecular weight excluding hydrogens is 231 g/mol. The summed E-state index contributed by atoms with van der Waals surface area (Å²) in [7, 11) is 1.45. The summed E-state index contributed by atoms with van der Waals surface area (Å²) in [6.45, 7) is 0. The lowest BCUT2D eigenvalue weighted by Crippen LogP contribution is -1.89. The van der Waals surface area contributed by atoms with Gasteiger partial charge in [-0.2, -0.15) is 0 Å². The van der Waals surface area contributed by atoms with E-state index < -0.39 is 0 Å². The minimum atomic E-state index is -0.365. The Morgan fingerprint density at radius 1 is 1.22 bits per heavy atom. The van der Waals surface area contributed by atoms with Crippen LogP contribution in [0.2, 0.25) is 0 Å². The van der Waals surface area contributed by atoms with Crippen LogP contribution in [0.3, 0.4) is 0 Å². The summed E-state index contributed by atoms with van der Waals surface area (Å²) in [6, 6.07) is 8.74. The number of hydrogen-bond acceptors (Lipinski definition) is 2. The summed E-state index contributed by atoms with van der Waals surface area (Å²) in [5.41, 5.74) is 2.55. The van der Waals surface area contributed by atoms with E-state index in [-0.39, 0.29) is 11.6 Å². The first kappa shape index (κ1) is 10.8. The fourth-order valence-corrected chi connectivity index (χ4v) is 2.05. The summed E-state index contributed by atoms with van der Waals surface area (Å²) >= 11 is 0. The van der Waals surface area contributed by atoms with Crippen LogP contribution in [0.5, 0.6) is 5.75 Å². The summed E-state index contributed by atoms with van der Waals surface area (Å²) in [5.74, 6) is -0.117. The summed E-state index contributed by atoms with van der Waals surface area (Å²) in [6.07, 6.45) is 3.53. The molecule has 3 nitrogen and oxygen atoms in total. The third kappa shape index (κ3) is 1.62. The first-order chi connectivity index (χ1) is 8.79. The van der Waals surface area contributed by atoms with Crippen molar-refractivity contribution >= 4 is 11.0 Å². The van der Waals surface area contributed by atoms with E-state index in [2.05, 4.69) is 9.97 Å². The Morgan fingerprint density at radius 3 is 2.89 bits per heavy atom. The van der Waals surface area contributed by atoms with Crippen molar-refractivity contribution in [2.24, 2.45) is 0 Å². The number of H-pyrrole nitrogens is 1. The fraction of sp³-hybridized carbons (Fsp3) is 0.0714. The number of ether oxygens (including phenoxy) is 1. The molecule has 1 aromatic carbocycles. The van der Waals surface area contributed by atoms with Crippen molar-refractivity contribution in [1.29, 1.82) is 0 Å². The molecule has 0 amide bonds. The minimum Gasteiger partial charge on any atom is -0.494 e. The van der Waals surface area contributed by atoms with Crippen molar-refractivity contribution < 1.29 is 9.13 Å². The fourth-order valence-electron chi connectivity index (χ4n) is 2.05. The zero-order chi connectivity index (χ0) is 12.5. The summed E-state index contributed by atoms with van der Waals surface area (Å²) < 4.78 is 18.6. The highest BCUT2D eigenvalue weighted by atomic mass is 19.1. The average molecular weight is 242 g/mol. The van der Waals surface area contributed by atoms with Crippen LogP contribution in [-0.4, -0.2) is 17.1 Å². The first-order valence-corrected chi connectivity index (χ1v) is 5.55. The molecule has 0 radical (unpaired) electrons. The van der Waals surface area contributed by atoms with Gasteiger partial charge in [0, 0.05) is 17.8 Å². The number of hydrogen-bond donors (Lipinski definition) is 1. The Bertz CT molecular complexity index is 706. The van der Waals surface area contributed by atoms with Gasteiger partial charge in [-0.3, -0.25) is 0 Å². The van der Waals surface area contributed by atoms with Gasteiger partial charge in [-0.15, -0.1) is 0 Å². The molecule has 0 aliphatic rings. The van der Waals surface area contributed by atoms with E-state index in [0.29, 0.717) is 0 Å². The van der Waals surface area contributed by atoms with E-state index in [1.165, 1.54) is 13.2 Å². The van der Waals surface area contributed by atoms with Gasteiger partial charge in [0.05, 0.1) is 7.11 Å². The molecule has 0 fully saturated rings. The second-order valence-electron chi connectivity index (χ2n) is 3.95. The Hall–Kier alpha value is -2.36. The van der Waals surface area contributed by atoms with Gasteiger partial charge in [-0.25, -0.2) is 9.37 Å². The summed E-state index contributed by atoms with van der Waals surface area (Å²) in [4.78, 5) is 7.25. The maximum Gasteiger partial charge on any atom is 0.165 e. The lowest BCUT2D eigenvalue weighted by molar-refractivity contribution is 0.386. The number of halogens is 1. The van der Waals surface area contributed by atoms with Gasteiger partial charge in [0.15, 0.2) is 11.6 Å². The van der Waals surface area contributed by atoms with Crippen LogP contribution in [-0.2, 0) is 0 Å². The van der Waals surface area contributed by atoms with E-state index >= 15 is 0 Å². The Balaban J connectivity index is 2.20. The van der Waals surface area contributed by atoms with E-state index in [1.54, 1.807) is 12.3 Å². The van der Waals surface area contributed by atoms with Crippen LogP contribution >= 0.6 is 0 Å². The van der Waals surface area contributed by atoms with Gasteiger partial charge in [0.25, 0.3) is 0 Å². The zero-order valence-electron chi connectivity index (χ0n) is 9.77. The predicted octanol–water partition coefficient (Wildman–Crippen LogP) is 3.38. The molecule has 0 aliphatic carbocycles. The van der Waals surface area contributed by atoms with Crippen molar-refractivity contribution in [1.82, 2.24) is 9.97 Å². The lowest BCUT2D eigenvalue weighted by Gasteiger charge is -2.06. The number of nitrogens with one attached hydrogen (secondary N) is 1. The molecule has 90 valence electrons. The smallest absolute Gasteiger partial charge is 0.165 e. The number of pyridine rings is 1. The average Bonchev–Trinajstić information content (AvgIpc) is 2.86. The topological polar surface area (TPSA) is 37.9 Å². The van der Waals surface area contributed by atoms with E-state index in [4.69, 9.17) is 4.74 Å². The Kier molecular flexibility index (Phi) is 2.48. The van der Waals surface area contributed by atoms with Crippen LogP contribution < -0.4 is 4.74 Å². The molecule has 2 aromatic heterocycles. The molecule has 3 aromatic rings. The molecule has 3 rings (SSSR count). The van der Waals surface area contributed by atoms with Crippen LogP contribution in [0.1, 0.15) is 0 Å². The maximum absolute atomic E-state index is 13.7. The number of aromatic amines is 1. The van der Waals surface area contributed by atoms with E-state index in [1.807, 2.05) is 24.4 Å². The van der Waals surface area contributed by atoms with Gasteiger partial charge >= 0.3 is 0 Å². The molecule has 4 heteroatoms. The maximum atomic E-state index is 13.7. The highest BCUT2D eigenvalue weighted by Crippen LogP contribution is 2.29. The molecule has 0 saturated carbocycles. The number of aromatic nitrogens is 2. The van der Waals surface area contributed by atoms with Crippen LogP contribution in [0.25, 0.3) is 22.2 Å². The van der Waals surface area contributed by atoms with Crippen molar-refractivity contribution in [2.75, 3.05) is 7.11 Å². The molecule has 0 saturated heterocycles. The Labute approximate surface area is 103 Å². The normalized spacial score (nSPS) is 10.8. The van der Waals surface area contributed by atoms with E-state index in [0.717, 1.165) is 22.2 Å². The highest BCUT2D eigenvalue weighted by molar-refractivity contribution is 5.92. The van der Waals surface area contributed by atoms with Gasteiger partial charge in [0.2, 0.25) is 0 Å². The van der Waals surface area contributed by atoms with Crippen molar-refractivity contribution in [2.45, 2.75) is 0 Å². The molecule has 1 N–H and O–H groups in total. The third-order valence-corrected chi connectivity index (χ3v) is 2.92. The quantitative estimate of drug-likeness (QED) is 0.748. The van der Waals surface area contributed by atoms with Crippen LogP contribution in [0, 0.1) is 5.82 Å². The van der Waals surface area contributed by atoms with Crippen molar-refractivity contribution in [3.8, 4) is 16.9 Å². The number of benzene rings is 1. The predicted molar refractivity (Wildman–Crippen MR) is 68.0 cm³/mol. The minimum absolute atomic E-state index is 0.248. The number of nitrogens with zero attached hydrogens (tertiary/aromatic N) is 1. The van der Waals surface area contributed by atoms with Gasteiger partial charge in [0.1, 0.15) is 5.65 Å². The van der Waals surface area contributed by atoms with Gasteiger partial charge < -0.3 is 9.72 Å². The van der Waals surface area contributed by atoms with Crippen molar-refractivity contribution in [3.63, 3.8) is 0 Å². The number of fused-ring (bicyclic) bond motifs is 1. The number of rotatable bonds is 2. The third-order valence-electron chi connectivity index (χ3n) is 2.92. The number of methoxy groups -OCH3 is 1. The molecular formula is C14H11FN2O.